The Balaban J connectivity index is 2.08. The Morgan fingerprint density at radius 2 is 1.65 bits per heavy atom. The molecule has 0 atom stereocenters. The van der Waals surface area contributed by atoms with E-state index in [2.05, 4.69) is 6.07 Å². The number of esters is 1. The first-order valence-electron chi connectivity index (χ1n) is 6.09. The van der Waals surface area contributed by atoms with Crippen molar-refractivity contribution < 1.29 is 19.0 Å². The second-order valence-corrected chi connectivity index (χ2v) is 4.07. The minimum atomic E-state index is -0.431. The van der Waals surface area contributed by atoms with Gasteiger partial charge in [0, 0.05) is 0 Å². The fourth-order valence-electron chi connectivity index (χ4n) is 1.66. The summed E-state index contributed by atoms with van der Waals surface area (Å²) in [4.78, 5) is 12.0. The lowest BCUT2D eigenvalue weighted by Gasteiger charge is -2.08. The van der Waals surface area contributed by atoms with E-state index in [1.807, 2.05) is 30.3 Å². The summed E-state index contributed by atoms with van der Waals surface area (Å²) in [5.74, 6) is 0.423. The Kier molecular flexibility index (Phi) is 4.60. The number of methoxy groups -OCH3 is 2. The number of carbonyl (C=O) groups is 1. The highest BCUT2D eigenvalue weighted by Gasteiger charge is 2.11. The Hall–Kier alpha value is -2.49. The van der Waals surface area contributed by atoms with Gasteiger partial charge in [0.2, 0.25) is 0 Å². The topological polar surface area (TPSA) is 44.8 Å². The van der Waals surface area contributed by atoms with Crippen molar-refractivity contribution in [2.45, 2.75) is 6.61 Å². The van der Waals surface area contributed by atoms with Crippen LogP contribution in [0.5, 0.6) is 11.5 Å². The highest BCUT2D eigenvalue weighted by Crippen LogP contribution is 2.22. The van der Waals surface area contributed by atoms with Crippen LogP contribution in [-0.4, -0.2) is 20.2 Å². The Bertz CT molecular complexity index is 556. The predicted molar refractivity (Wildman–Crippen MR) is 73.9 cm³/mol. The number of hydrogen-bond donors (Lipinski definition) is 0. The summed E-state index contributed by atoms with van der Waals surface area (Å²) in [5, 5.41) is 0. The second kappa shape index (κ2) is 6.61. The van der Waals surface area contributed by atoms with Crippen LogP contribution in [0, 0.1) is 6.07 Å². The lowest BCUT2D eigenvalue weighted by atomic mass is 10.2. The lowest BCUT2D eigenvalue weighted by Crippen LogP contribution is -2.06. The molecule has 0 aromatic heterocycles. The fraction of sp³-hybridized carbons (Fsp3) is 0.188. The van der Waals surface area contributed by atoms with Crippen molar-refractivity contribution in [1.29, 1.82) is 0 Å². The van der Waals surface area contributed by atoms with E-state index in [9.17, 15) is 4.79 Å². The zero-order chi connectivity index (χ0) is 14.4. The normalized spacial score (nSPS) is 9.90. The fourth-order valence-corrected chi connectivity index (χ4v) is 1.66. The molecule has 2 rings (SSSR count). The second-order valence-electron chi connectivity index (χ2n) is 4.07. The molecular weight excluding hydrogens is 256 g/mol. The van der Waals surface area contributed by atoms with Crippen molar-refractivity contribution in [3.63, 3.8) is 0 Å². The Labute approximate surface area is 117 Å². The first-order valence-corrected chi connectivity index (χ1v) is 6.09. The van der Waals surface area contributed by atoms with Crippen LogP contribution in [0.2, 0.25) is 0 Å². The van der Waals surface area contributed by atoms with Gasteiger partial charge in [-0.3, -0.25) is 0 Å². The highest BCUT2D eigenvalue weighted by molar-refractivity contribution is 5.90. The van der Waals surface area contributed by atoms with Gasteiger partial charge in [-0.05, 0) is 17.7 Å². The van der Waals surface area contributed by atoms with Crippen LogP contribution in [0.4, 0.5) is 0 Å². The summed E-state index contributed by atoms with van der Waals surface area (Å²) in [7, 11) is 3.01. The van der Waals surface area contributed by atoms with Gasteiger partial charge in [0.1, 0.15) is 18.1 Å². The van der Waals surface area contributed by atoms with Crippen LogP contribution in [-0.2, 0) is 11.3 Å². The summed E-state index contributed by atoms with van der Waals surface area (Å²) in [6.45, 7) is 0.225. The monoisotopic (exact) mass is 271 g/mol. The molecule has 0 spiro atoms. The van der Waals surface area contributed by atoms with E-state index in [1.165, 1.54) is 14.2 Å². The van der Waals surface area contributed by atoms with Gasteiger partial charge >= 0.3 is 5.97 Å². The van der Waals surface area contributed by atoms with E-state index in [0.29, 0.717) is 17.1 Å². The summed E-state index contributed by atoms with van der Waals surface area (Å²) < 4.78 is 15.4. The maximum absolute atomic E-state index is 12.0. The van der Waals surface area contributed by atoms with Crippen LogP contribution < -0.4 is 9.47 Å². The maximum Gasteiger partial charge on any atom is 0.338 e. The van der Waals surface area contributed by atoms with E-state index >= 15 is 0 Å². The average molecular weight is 271 g/mol. The van der Waals surface area contributed by atoms with Gasteiger partial charge in [-0.15, -0.1) is 0 Å². The van der Waals surface area contributed by atoms with E-state index in [-0.39, 0.29) is 6.61 Å². The van der Waals surface area contributed by atoms with Crippen LogP contribution in [0.3, 0.4) is 0 Å². The summed E-state index contributed by atoms with van der Waals surface area (Å²) >= 11 is 0. The van der Waals surface area contributed by atoms with Gasteiger partial charge in [-0.25, -0.2) is 4.79 Å². The molecule has 103 valence electrons. The molecule has 20 heavy (non-hydrogen) atoms. The van der Waals surface area contributed by atoms with Gasteiger partial charge in [0.15, 0.2) is 0 Å². The molecule has 2 aromatic rings. The predicted octanol–water partition coefficient (Wildman–Crippen LogP) is 2.86. The first-order chi connectivity index (χ1) is 9.72. The van der Waals surface area contributed by atoms with Crippen molar-refractivity contribution in [3.05, 3.63) is 59.7 Å². The minimum absolute atomic E-state index is 0.225. The van der Waals surface area contributed by atoms with E-state index in [0.717, 1.165) is 5.56 Å². The Morgan fingerprint density at radius 3 is 2.20 bits per heavy atom. The average Bonchev–Trinajstić information content (AvgIpc) is 2.52. The molecule has 0 bridgehead atoms. The third-order valence-electron chi connectivity index (χ3n) is 2.71. The van der Waals surface area contributed by atoms with Crippen LogP contribution >= 0.6 is 0 Å². The molecule has 0 aliphatic heterocycles. The molecule has 0 fully saturated rings. The van der Waals surface area contributed by atoms with Crippen molar-refractivity contribution in [2.75, 3.05) is 14.2 Å². The molecule has 0 heterocycles. The molecule has 2 aromatic carbocycles. The third kappa shape index (κ3) is 3.51. The van der Waals surface area contributed by atoms with Gasteiger partial charge in [-0.2, -0.15) is 0 Å². The van der Waals surface area contributed by atoms with Crippen molar-refractivity contribution in [3.8, 4) is 11.5 Å². The van der Waals surface area contributed by atoms with E-state index in [1.54, 1.807) is 12.1 Å². The zero-order valence-electron chi connectivity index (χ0n) is 11.4. The number of carbonyl (C=O) groups excluding carboxylic acids is 1. The van der Waals surface area contributed by atoms with Gasteiger partial charge < -0.3 is 14.2 Å². The number of benzene rings is 2. The molecule has 0 N–H and O–H groups in total. The van der Waals surface area contributed by atoms with Crippen LogP contribution in [0.15, 0.2) is 42.5 Å². The first kappa shape index (κ1) is 13.9. The number of hydrogen-bond acceptors (Lipinski definition) is 4. The van der Waals surface area contributed by atoms with Crippen molar-refractivity contribution in [1.82, 2.24) is 0 Å². The molecule has 0 aliphatic carbocycles. The number of ether oxygens (including phenoxy) is 3. The molecule has 0 saturated heterocycles. The zero-order valence-corrected chi connectivity index (χ0v) is 11.4. The summed E-state index contributed by atoms with van der Waals surface area (Å²) in [6.07, 6.45) is 0. The minimum Gasteiger partial charge on any atom is -0.496 e. The standard InChI is InChI=1S/C16H15O4/c1-18-14-8-13(9-15(10-14)19-2)16(17)20-11-12-6-4-3-5-7-12/h3-9H,11H2,1-2H3. The smallest absolute Gasteiger partial charge is 0.338 e. The molecule has 1 radical (unpaired) electrons. The quantitative estimate of drug-likeness (QED) is 0.784. The van der Waals surface area contributed by atoms with Crippen molar-refractivity contribution >= 4 is 5.97 Å². The third-order valence-corrected chi connectivity index (χ3v) is 2.71. The van der Waals surface area contributed by atoms with Gasteiger partial charge in [0.25, 0.3) is 0 Å². The summed E-state index contributed by atoms with van der Waals surface area (Å²) in [6, 6.07) is 15.5. The van der Waals surface area contributed by atoms with Crippen LogP contribution in [0.1, 0.15) is 15.9 Å². The molecular formula is C16H15O4. The highest BCUT2D eigenvalue weighted by atomic mass is 16.5. The molecule has 4 nitrogen and oxygen atoms in total. The van der Waals surface area contributed by atoms with Gasteiger partial charge in [-0.1, -0.05) is 30.3 Å². The Morgan fingerprint density at radius 1 is 1.05 bits per heavy atom. The maximum atomic E-state index is 12.0. The molecule has 0 amide bonds. The van der Waals surface area contributed by atoms with Crippen LogP contribution in [0.25, 0.3) is 0 Å². The SMILES string of the molecule is COc1[c]c(OC)cc(C(=O)OCc2ccccc2)c1. The molecule has 0 saturated carbocycles. The van der Waals surface area contributed by atoms with Gasteiger partial charge in [0.05, 0.1) is 25.8 Å². The lowest BCUT2D eigenvalue weighted by molar-refractivity contribution is 0.0472. The molecule has 0 aliphatic rings. The number of rotatable bonds is 5. The van der Waals surface area contributed by atoms with E-state index in [4.69, 9.17) is 14.2 Å². The molecule has 0 unspecified atom stereocenters. The largest absolute Gasteiger partial charge is 0.496 e. The van der Waals surface area contributed by atoms with Crippen molar-refractivity contribution in [2.24, 2.45) is 0 Å². The van der Waals surface area contributed by atoms with E-state index < -0.39 is 5.97 Å². The molecule has 4 heteroatoms. The summed E-state index contributed by atoms with van der Waals surface area (Å²) in [5.41, 5.74) is 1.30.